The van der Waals surface area contributed by atoms with Gasteiger partial charge in [-0.3, -0.25) is 24.4 Å². The molecule has 0 bridgehead atoms. The van der Waals surface area contributed by atoms with Crippen molar-refractivity contribution in [1.29, 1.82) is 0 Å². The molecule has 1 saturated heterocycles. The number of pyridine rings is 1. The molecular weight excluding hydrogens is 528 g/mol. The molecule has 5 rings (SSSR count). The molecule has 1 amide bonds. The fourth-order valence-corrected chi connectivity index (χ4v) is 6.25. The first-order valence-corrected chi connectivity index (χ1v) is 14.9. The van der Waals surface area contributed by atoms with Crippen molar-refractivity contribution in [3.05, 3.63) is 47.6 Å². The van der Waals surface area contributed by atoms with Crippen LogP contribution in [0.5, 0.6) is 5.88 Å². The SMILES string of the molecule is CCOc1cncc(-c2cnc(C(=O)N[C@H](CN3CCNCC3)c3cc(NS(=O)(=O)C4CC4)ccn3)s2)n1. The van der Waals surface area contributed by atoms with E-state index in [2.05, 4.69) is 40.2 Å². The fraction of sp³-hybridized carbons (Fsp3) is 0.458. The van der Waals surface area contributed by atoms with Crippen LogP contribution < -0.4 is 20.1 Å². The van der Waals surface area contributed by atoms with Crippen molar-refractivity contribution in [2.75, 3.05) is 44.1 Å². The van der Waals surface area contributed by atoms with Gasteiger partial charge in [0.1, 0.15) is 5.69 Å². The zero-order valence-electron chi connectivity index (χ0n) is 21.0. The minimum atomic E-state index is -3.42. The van der Waals surface area contributed by atoms with Crippen LogP contribution >= 0.6 is 11.3 Å². The molecule has 1 aliphatic heterocycles. The van der Waals surface area contributed by atoms with Crippen LogP contribution in [0.15, 0.2) is 36.9 Å². The van der Waals surface area contributed by atoms with Crippen molar-refractivity contribution in [2.45, 2.75) is 31.1 Å². The lowest BCUT2D eigenvalue weighted by Crippen LogP contribution is -2.47. The zero-order chi connectivity index (χ0) is 26.5. The fourth-order valence-electron chi connectivity index (χ4n) is 4.10. The smallest absolute Gasteiger partial charge is 0.280 e. The van der Waals surface area contributed by atoms with E-state index in [0.29, 0.717) is 53.8 Å². The molecule has 4 heterocycles. The third-order valence-corrected chi connectivity index (χ3v) is 9.06. The van der Waals surface area contributed by atoms with Gasteiger partial charge in [0, 0.05) is 45.1 Å². The van der Waals surface area contributed by atoms with Crippen molar-refractivity contribution in [3.8, 4) is 16.5 Å². The Hall–Kier alpha value is -3.20. The van der Waals surface area contributed by atoms with Gasteiger partial charge in [-0.05, 0) is 31.9 Å². The number of carbonyl (C=O) groups excluding carboxylic acids is 1. The number of aromatic nitrogens is 4. The molecule has 2 aliphatic rings. The molecule has 1 atom stereocenters. The van der Waals surface area contributed by atoms with Gasteiger partial charge < -0.3 is 15.4 Å². The number of anilines is 1. The standard InChI is InChI=1S/C24H30N8O4S2/c1-2-36-22-14-26-12-19(29-22)21-13-28-24(37-21)23(33)30-20(15-32-9-7-25-8-10-32)18-11-16(5-6-27-18)31-38(34,35)17-3-4-17/h5-6,11-14,17,20,25H,2-4,7-10,15H2,1H3,(H,27,31)(H,30,33)/t20-/m1/s1. The van der Waals surface area contributed by atoms with Gasteiger partial charge in [-0.2, -0.15) is 0 Å². The summed E-state index contributed by atoms with van der Waals surface area (Å²) < 4.78 is 33.0. The molecule has 0 unspecified atom stereocenters. The van der Waals surface area contributed by atoms with Crippen molar-refractivity contribution in [1.82, 2.24) is 35.5 Å². The lowest BCUT2D eigenvalue weighted by atomic mass is 10.1. The monoisotopic (exact) mass is 558 g/mol. The molecular formula is C24H30N8O4S2. The number of amides is 1. The summed E-state index contributed by atoms with van der Waals surface area (Å²) in [4.78, 5) is 33.6. The molecule has 202 valence electrons. The summed E-state index contributed by atoms with van der Waals surface area (Å²) in [5.74, 6) is 0.0600. The Morgan fingerprint density at radius 2 is 2.05 bits per heavy atom. The second-order valence-electron chi connectivity index (χ2n) is 9.10. The van der Waals surface area contributed by atoms with E-state index in [4.69, 9.17) is 4.74 Å². The number of thiazole rings is 1. The molecule has 1 aliphatic carbocycles. The summed E-state index contributed by atoms with van der Waals surface area (Å²) in [5, 5.41) is 6.33. The van der Waals surface area contributed by atoms with E-state index in [1.54, 1.807) is 30.7 Å². The predicted octanol–water partition coefficient (Wildman–Crippen LogP) is 1.67. The first-order chi connectivity index (χ1) is 18.4. The van der Waals surface area contributed by atoms with Crippen LogP contribution in [0.4, 0.5) is 5.69 Å². The highest BCUT2D eigenvalue weighted by atomic mass is 32.2. The maximum atomic E-state index is 13.3. The minimum absolute atomic E-state index is 0.277. The molecule has 3 N–H and O–H groups in total. The highest BCUT2D eigenvalue weighted by molar-refractivity contribution is 7.93. The lowest BCUT2D eigenvalue weighted by Gasteiger charge is -2.31. The summed E-state index contributed by atoms with van der Waals surface area (Å²) in [5.41, 5.74) is 1.58. The predicted molar refractivity (Wildman–Crippen MR) is 144 cm³/mol. The molecule has 14 heteroatoms. The number of hydrogen-bond acceptors (Lipinski definition) is 11. The van der Waals surface area contributed by atoms with E-state index in [9.17, 15) is 13.2 Å². The van der Waals surface area contributed by atoms with E-state index in [-0.39, 0.29) is 16.2 Å². The van der Waals surface area contributed by atoms with Gasteiger partial charge in [-0.15, -0.1) is 11.3 Å². The van der Waals surface area contributed by atoms with Crippen molar-refractivity contribution >= 4 is 33.0 Å². The molecule has 12 nitrogen and oxygen atoms in total. The summed E-state index contributed by atoms with van der Waals surface area (Å²) >= 11 is 1.21. The van der Waals surface area contributed by atoms with Gasteiger partial charge in [-0.25, -0.2) is 18.4 Å². The van der Waals surface area contributed by atoms with E-state index in [0.717, 1.165) is 26.2 Å². The number of carbonyl (C=O) groups is 1. The number of nitrogens with zero attached hydrogens (tertiary/aromatic N) is 5. The topological polar surface area (TPSA) is 151 Å². The highest BCUT2D eigenvalue weighted by Gasteiger charge is 2.36. The van der Waals surface area contributed by atoms with Gasteiger partial charge in [0.05, 0.1) is 46.6 Å². The molecule has 38 heavy (non-hydrogen) atoms. The van der Waals surface area contributed by atoms with E-state index >= 15 is 0 Å². The van der Waals surface area contributed by atoms with Gasteiger partial charge >= 0.3 is 0 Å². The van der Waals surface area contributed by atoms with Gasteiger partial charge in [0.25, 0.3) is 5.91 Å². The van der Waals surface area contributed by atoms with E-state index < -0.39 is 16.1 Å². The maximum Gasteiger partial charge on any atom is 0.280 e. The van der Waals surface area contributed by atoms with Gasteiger partial charge in [-0.1, -0.05) is 0 Å². The normalized spacial score (nSPS) is 17.1. The van der Waals surface area contributed by atoms with Crippen LogP contribution in [0.3, 0.4) is 0 Å². The molecule has 0 aromatic carbocycles. The number of nitrogens with one attached hydrogen (secondary N) is 3. The highest BCUT2D eigenvalue weighted by Crippen LogP contribution is 2.30. The van der Waals surface area contributed by atoms with Crippen LogP contribution in [-0.2, 0) is 10.0 Å². The number of hydrogen-bond donors (Lipinski definition) is 3. The Bertz CT molecular complexity index is 1370. The van der Waals surface area contributed by atoms with Gasteiger partial charge in [0.15, 0.2) is 5.01 Å². The van der Waals surface area contributed by atoms with Crippen LogP contribution in [0.1, 0.15) is 41.3 Å². The molecule has 3 aromatic heterocycles. The van der Waals surface area contributed by atoms with Crippen LogP contribution in [0, 0.1) is 0 Å². The molecule has 0 radical (unpaired) electrons. The Morgan fingerprint density at radius 3 is 2.82 bits per heavy atom. The quantitative estimate of drug-likeness (QED) is 0.317. The summed E-state index contributed by atoms with van der Waals surface area (Å²) in [7, 11) is -3.42. The zero-order valence-corrected chi connectivity index (χ0v) is 22.6. The minimum Gasteiger partial charge on any atom is -0.477 e. The molecule has 3 aromatic rings. The third kappa shape index (κ3) is 6.62. The number of rotatable bonds is 11. The second kappa shape index (κ2) is 11.7. The first kappa shape index (κ1) is 26.4. The van der Waals surface area contributed by atoms with Crippen molar-refractivity contribution in [2.24, 2.45) is 0 Å². The average molecular weight is 559 g/mol. The van der Waals surface area contributed by atoms with E-state index in [1.165, 1.54) is 17.5 Å². The Balaban J connectivity index is 1.35. The summed E-state index contributed by atoms with van der Waals surface area (Å²) in [6.45, 7) is 6.24. The summed E-state index contributed by atoms with van der Waals surface area (Å²) in [6, 6.07) is 2.84. The van der Waals surface area contributed by atoms with Crippen LogP contribution in [0.25, 0.3) is 10.6 Å². The largest absolute Gasteiger partial charge is 0.477 e. The maximum absolute atomic E-state index is 13.3. The number of piperazine rings is 1. The van der Waals surface area contributed by atoms with Crippen molar-refractivity contribution in [3.63, 3.8) is 0 Å². The Labute approximate surface area is 225 Å². The first-order valence-electron chi connectivity index (χ1n) is 12.5. The lowest BCUT2D eigenvalue weighted by molar-refractivity contribution is 0.0920. The Kier molecular flexibility index (Phi) is 8.12. The number of ether oxygens (including phenoxy) is 1. The van der Waals surface area contributed by atoms with Gasteiger partial charge in [0.2, 0.25) is 15.9 Å². The van der Waals surface area contributed by atoms with E-state index in [1.807, 2.05) is 6.92 Å². The Morgan fingerprint density at radius 1 is 1.24 bits per heavy atom. The molecule has 1 saturated carbocycles. The number of sulfonamides is 1. The average Bonchev–Trinajstić information content (AvgIpc) is 3.67. The second-order valence-corrected chi connectivity index (χ2v) is 12.1. The van der Waals surface area contributed by atoms with Crippen LogP contribution in [-0.4, -0.2) is 83.7 Å². The summed E-state index contributed by atoms with van der Waals surface area (Å²) in [6.07, 6.45) is 7.63. The molecule has 0 spiro atoms. The third-order valence-electron chi connectivity index (χ3n) is 6.17. The molecule has 2 fully saturated rings. The van der Waals surface area contributed by atoms with Crippen LogP contribution in [0.2, 0.25) is 0 Å². The van der Waals surface area contributed by atoms with Crippen molar-refractivity contribution < 1.29 is 17.9 Å².